The van der Waals surface area contributed by atoms with Crippen LogP contribution in [0.2, 0.25) is 0 Å². The number of hydrogen-bond acceptors (Lipinski definition) is 4. The molecule has 2 N–H and O–H groups in total. The van der Waals surface area contributed by atoms with E-state index in [9.17, 15) is 0 Å². The molecule has 15 heavy (non-hydrogen) atoms. The van der Waals surface area contributed by atoms with Gasteiger partial charge >= 0.3 is 0 Å². The number of hydrogen-bond donors (Lipinski definition) is 1. The van der Waals surface area contributed by atoms with E-state index in [1.807, 2.05) is 17.9 Å². The van der Waals surface area contributed by atoms with Crippen LogP contribution in [0.4, 0.5) is 0 Å². The molecule has 0 aromatic carbocycles. The highest BCUT2D eigenvalue weighted by molar-refractivity contribution is 5.09. The van der Waals surface area contributed by atoms with Crippen molar-refractivity contribution in [1.29, 1.82) is 0 Å². The van der Waals surface area contributed by atoms with Gasteiger partial charge in [-0.3, -0.25) is 9.58 Å². The zero-order chi connectivity index (χ0) is 11.0. The molecular formula is C10H19N5. The van der Waals surface area contributed by atoms with E-state index in [-0.39, 0.29) is 12.1 Å². The number of aromatic nitrogens is 3. The summed E-state index contributed by atoms with van der Waals surface area (Å²) in [6.45, 7) is 5.47. The molecule has 0 bridgehead atoms. The highest BCUT2D eigenvalue weighted by Crippen LogP contribution is 2.31. The minimum atomic E-state index is 0.199. The first-order chi connectivity index (χ1) is 7.11. The number of rotatable bonds is 2. The second kappa shape index (κ2) is 3.90. The van der Waals surface area contributed by atoms with Crippen molar-refractivity contribution in [2.24, 2.45) is 12.8 Å². The topological polar surface area (TPSA) is 60.0 Å². The van der Waals surface area contributed by atoms with Gasteiger partial charge in [-0.1, -0.05) is 5.21 Å². The van der Waals surface area contributed by atoms with Gasteiger partial charge in [-0.2, -0.15) is 0 Å². The summed E-state index contributed by atoms with van der Waals surface area (Å²) in [4.78, 5) is 2.42. The first kappa shape index (κ1) is 10.6. The average molecular weight is 209 g/mol. The summed E-state index contributed by atoms with van der Waals surface area (Å²) >= 11 is 0. The summed E-state index contributed by atoms with van der Waals surface area (Å²) in [5.74, 6) is 0. The molecule has 0 unspecified atom stereocenters. The molecule has 2 rings (SSSR count). The van der Waals surface area contributed by atoms with Gasteiger partial charge < -0.3 is 5.73 Å². The molecule has 0 saturated carbocycles. The molecule has 0 amide bonds. The molecule has 1 aromatic heterocycles. The van der Waals surface area contributed by atoms with E-state index in [4.69, 9.17) is 5.73 Å². The molecule has 5 nitrogen and oxygen atoms in total. The van der Waals surface area contributed by atoms with Crippen molar-refractivity contribution < 1.29 is 0 Å². The van der Waals surface area contributed by atoms with E-state index in [0.717, 1.165) is 18.7 Å². The Kier molecular flexibility index (Phi) is 2.75. The van der Waals surface area contributed by atoms with E-state index >= 15 is 0 Å². The molecule has 84 valence electrons. The van der Waals surface area contributed by atoms with Crippen LogP contribution in [0.3, 0.4) is 0 Å². The van der Waals surface area contributed by atoms with Crippen molar-refractivity contribution in [2.45, 2.75) is 38.4 Å². The van der Waals surface area contributed by atoms with E-state index < -0.39 is 0 Å². The van der Waals surface area contributed by atoms with Crippen molar-refractivity contribution in [1.82, 2.24) is 19.9 Å². The lowest BCUT2D eigenvalue weighted by molar-refractivity contribution is 0.191. The Balaban J connectivity index is 2.29. The highest BCUT2D eigenvalue weighted by Gasteiger charge is 2.36. The lowest BCUT2D eigenvalue weighted by Gasteiger charge is -2.29. The molecule has 0 radical (unpaired) electrons. The predicted octanol–water partition coefficient (Wildman–Crippen LogP) is 0.298. The number of nitrogens with zero attached hydrogens (tertiary/aromatic N) is 4. The minimum absolute atomic E-state index is 0.199. The summed E-state index contributed by atoms with van der Waals surface area (Å²) < 4.78 is 1.82. The summed E-state index contributed by atoms with van der Waals surface area (Å²) in [6, 6.07) is 0.980. The molecule has 5 heteroatoms. The minimum Gasteiger partial charge on any atom is -0.326 e. The van der Waals surface area contributed by atoms with Crippen LogP contribution in [-0.2, 0) is 7.05 Å². The normalized spacial score (nSPS) is 27.8. The van der Waals surface area contributed by atoms with Crippen LogP contribution in [-0.4, -0.2) is 38.5 Å². The zero-order valence-electron chi connectivity index (χ0n) is 9.59. The van der Waals surface area contributed by atoms with Gasteiger partial charge in [0.05, 0.1) is 17.9 Å². The SMILES string of the molecule is CC(C)N1CC[C@@H](N)[C@@H]1c1cnnn1C. The van der Waals surface area contributed by atoms with E-state index in [1.54, 1.807) is 0 Å². The largest absolute Gasteiger partial charge is 0.326 e. The number of likely N-dealkylation sites (tertiary alicyclic amines) is 1. The van der Waals surface area contributed by atoms with Crippen LogP contribution in [0, 0.1) is 0 Å². The molecule has 1 aromatic rings. The Hall–Kier alpha value is -0.940. The van der Waals surface area contributed by atoms with Crippen LogP contribution in [0.25, 0.3) is 0 Å². The molecule has 1 aliphatic rings. The lowest BCUT2D eigenvalue weighted by atomic mass is 10.1. The fraction of sp³-hybridized carbons (Fsp3) is 0.800. The van der Waals surface area contributed by atoms with Crippen molar-refractivity contribution >= 4 is 0 Å². The quantitative estimate of drug-likeness (QED) is 0.761. The third kappa shape index (κ3) is 1.77. The van der Waals surface area contributed by atoms with E-state index in [2.05, 4.69) is 29.1 Å². The van der Waals surface area contributed by atoms with Crippen LogP contribution in [0.15, 0.2) is 6.20 Å². The van der Waals surface area contributed by atoms with Gasteiger partial charge in [-0.15, -0.1) is 5.10 Å². The Bertz CT molecular complexity index is 332. The second-order valence-electron chi connectivity index (χ2n) is 4.51. The van der Waals surface area contributed by atoms with Crippen LogP contribution in [0.1, 0.15) is 32.0 Å². The standard InChI is InChI=1S/C10H19N5/c1-7(2)15-5-4-8(11)10(15)9-6-12-13-14(9)3/h6-8,10H,4-5,11H2,1-3H3/t8-,10-/m1/s1. The fourth-order valence-electron chi connectivity index (χ4n) is 2.38. The van der Waals surface area contributed by atoms with Gasteiger partial charge in [0.2, 0.25) is 0 Å². The maximum absolute atomic E-state index is 6.16. The lowest BCUT2D eigenvalue weighted by Crippen LogP contribution is -2.37. The van der Waals surface area contributed by atoms with Gasteiger partial charge in [0.25, 0.3) is 0 Å². The Morgan fingerprint density at radius 3 is 2.80 bits per heavy atom. The third-order valence-electron chi connectivity index (χ3n) is 3.20. The molecule has 2 heterocycles. The van der Waals surface area contributed by atoms with Crippen molar-refractivity contribution in [2.75, 3.05) is 6.54 Å². The van der Waals surface area contributed by atoms with Crippen LogP contribution < -0.4 is 5.73 Å². The first-order valence-electron chi connectivity index (χ1n) is 5.47. The van der Waals surface area contributed by atoms with Crippen molar-refractivity contribution in [3.05, 3.63) is 11.9 Å². The highest BCUT2D eigenvalue weighted by atomic mass is 15.4. The molecule has 2 atom stereocenters. The molecule has 1 saturated heterocycles. The summed E-state index contributed by atoms with van der Waals surface area (Å²) in [5.41, 5.74) is 7.28. The second-order valence-corrected chi connectivity index (χ2v) is 4.51. The van der Waals surface area contributed by atoms with Crippen LogP contribution >= 0.6 is 0 Å². The zero-order valence-corrected chi connectivity index (χ0v) is 9.59. The van der Waals surface area contributed by atoms with E-state index in [1.165, 1.54) is 0 Å². The number of nitrogens with two attached hydrogens (primary N) is 1. The fourth-order valence-corrected chi connectivity index (χ4v) is 2.38. The summed E-state index contributed by atoms with van der Waals surface area (Å²) in [6.07, 6.45) is 2.87. The van der Waals surface area contributed by atoms with Crippen LogP contribution in [0.5, 0.6) is 0 Å². The Labute approximate surface area is 90.2 Å². The Morgan fingerprint density at radius 2 is 2.27 bits per heavy atom. The van der Waals surface area contributed by atoms with E-state index in [0.29, 0.717) is 6.04 Å². The Morgan fingerprint density at radius 1 is 1.53 bits per heavy atom. The van der Waals surface area contributed by atoms with Gasteiger partial charge in [-0.25, -0.2) is 0 Å². The molecule has 0 aliphatic carbocycles. The van der Waals surface area contributed by atoms with Gasteiger partial charge in [0.1, 0.15) is 0 Å². The smallest absolute Gasteiger partial charge is 0.0771 e. The predicted molar refractivity (Wildman–Crippen MR) is 58.2 cm³/mol. The molecular weight excluding hydrogens is 190 g/mol. The van der Waals surface area contributed by atoms with Gasteiger partial charge in [0, 0.05) is 25.7 Å². The first-order valence-corrected chi connectivity index (χ1v) is 5.47. The molecule has 1 aliphatic heterocycles. The summed E-state index contributed by atoms with van der Waals surface area (Å²) in [5, 5.41) is 7.90. The average Bonchev–Trinajstić information content (AvgIpc) is 2.71. The maximum atomic E-state index is 6.16. The summed E-state index contributed by atoms with van der Waals surface area (Å²) in [7, 11) is 1.92. The molecule has 1 fully saturated rings. The monoisotopic (exact) mass is 209 g/mol. The third-order valence-corrected chi connectivity index (χ3v) is 3.20. The van der Waals surface area contributed by atoms with Gasteiger partial charge in [-0.05, 0) is 20.3 Å². The van der Waals surface area contributed by atoms with Crippen molar-refractivity contribution in [3.63, 3.8) is 0 Å². The maximum Gasteiger partial charge on any atom is 0.0771 e. The number of aryl methyl sites for hydroxylation is 1. The van der Waals surface area contributed by atoms with Gasteiger partial charge in [0.15, 0.2) is 0 Å². The molecule has 0 spiro atoms. The van der Waals surface area contributed by atoms with Crippen molar-refractivity contribution in [3.8, 4) is 0 Å².